The molecule has 10 nitrogen and oxygen atoms in total. The molecule has 3 aromatic rings. The van der Waals surface area contributed by atoms with Gasteiger partial charge in [-0.1, -0.05) is 20.3 Å². The van der Waals surface area contributed by atoms with E-state index in [9.17, 15) is 19.2 Å². The third-order valence-corrected chi connectivity index (χ3v) is 6.48. The first-order valence-electron chi connectivity index (χ1n) is 11.0. The average Bonchev–Trinajstić information content (AvgIpc) is 3.23. The Balaban J connectivity index is 2.00. The number of ether oxygens (including phenoxy) is 1. The van der Waals surface area contributed by atoms with E-state index in [1.165, 1.54) is 22.8 Å². The molecule has 0 radical (unpaired) electrons. The summed E-state index contributed by atoms with van der Waals surface area (Å²) in [7, 11) is 0. The van der Waals surface area contributed by atoms with Crippen molar-refractivity contribution in [2.45, 2.75) is 73.6 Å². The van der Waals surface area contributed by atoms with Gasteiger partial charge in [0.05, 0.1) is 5.56 Å². The van der Waals surface area contributed by atoms with Gasteiger partial charge in [-0.05, 0) is 32.3 Å². The molecule has 1 amide bonds. The number of anilines is 1. The van der Waals surface area contributed by atoms with Crippen LogP contribution in [0.3, 0.4) is 0 Å². The largest absolute Gasteiger partial charge is 0.454 e. The van der Waals surface area contributed by atoms with Crippen LogP contribution in [0.25, 0.3) is 11.2 Å². The number of amides is 1. The maximum absolute atomic E-state index is 12.9. The van der Waals surface area contributed by atoms with Crippen molar-refractivity contribution in [3.05, 3.63) is 42.7 Å². The van der Waals surface area contributed by atoms with Crippen LogP contribution < -0.4 is 16.6 Å². The van der Waals surface area contributed by atoms with Crippen molar-refractivity contribution in [2.24, 2.45) is 0 Å². The SMILES string of the molecule is CCCCn1c(=O)[nH]c(=O)c2c1nc(COC(=O)c1c(NC(C)=O)sc(C)c1C)n2CCC. The van der Waals surface area contributed by atoms with Crippen LogP contribution in [0, 0.1) is 13.8 Å². The van der Waals surface area contributed by atoms with E-state index in [-0.39, 0.29) is 18.2 Å². The molecule has 3 rings (SSSR count). The van der Waals surface area contributed by atoms with Crippen molar-refractivity contribution in [3.8, 4) is 0 Å². The third-order valence-electron chi connectivity index (χ3n) is 5.36. The minimum absolute atomic E-state index is 0.178. The van der Waals surface area contributed by atoms with Gasteiger partial charge in [0.2, 0.25) is 5.91 Å². The molecule has 0 saturated heterocycles. The van der Waals surface area contributed by atoms with Gasteiger partial charge in [0, 0.05) is 24.9 Å². The summed E-state index contributed by atoms with van der Waals surface area (Å²) >= 11 is 1.31. The Morgan fingerprint density at radius 1 is 1.12 bits per heavy atom. The number of unbranched alkanes of at least 4 members (excludes halogenated alkanes) is 1. The van der Waals surface area contributed by atoms with Crippen molar-refractivity contribution in [1.29, 1.82) is 0 Å². The molecule has 0 aliphatic heterocycles. The van der Waals surface area contributed by atoms with Crippen molar-refractivity contribution in [3.63, 3.8) is 0 Å². The zero-order chi connectivity index (χ0) is 24.3. The zero-order valence-electron chi connectivity index (χ0n) is 19.5. The van der Waals surface area contributed by atoms with Gasteiger partial charge in [0.1, 0.15) is 17.4 Å². The van der Waals surface area contributed by atoms with Crippen molar-refractivity contribution in [2.75, 3.05) is 5.32 Å². The van der Waals surface area contributed by atoms with E-state index in [0.717, 1.165) is 29.7 Å². The second-order valence-corrected chi connectivity index (χ2v) is 9.09. The molecule has 0 spiro atoms. The molecule has 0 aliphatic rings. The van der Waals surface area contributed by atoms with Gasteiger partial charge in [0.15, 0.2) is 11.2 Å². The molecule has 3 aromatic heterocycles. The molecule has 0 aromatic carbocycles. The Labute approximate surface area is 194 Å². The summed E-state index contributed by atoms with van der Waals surface area (Å²) in [5, 5.41) is 3.12. The minimum Gasteiger partial charge on any atom is -0.454 e. The number of rotatable bonds is 9. The Morgan fingerprint density at radius 3 is 2.48 bits per heavy atom. The van der Waals surface area contributed by atoms with Crippen molar-refractivity contribution in [1.82, 2.24) is 19.1 Å². The fourth-order valence-corrected chi connectivity index (χ4v) is 4.73. The standard InChI is InChI=1S/C22H29N5O5S/c1-6-8-10-27-18-17(19(29)25-22(27)31)26(9-7-2)15(24-18)11-32-21(30)16-12(3)13(4)33-20(16)23-14(5)28/h6-11H2,1-5H3,(H,23,28)(H,25,29,31). The number of aryl methyl sites for hydroxylation is 3. The number of aromatic nitrogens is 4. The number of esters is 1. The maximum atomic E-state index is 12.9. The first-order valence-corrected chi connectivity index (χ1v) is 11.8. The first-order chi connectivity index (χ1) is 15.7. The molecule has 0 unspecified atom stereocenters. The molecular weight excluding hydrogens is 446 g/mol. The number of thiophene rings is 1. The lowest BCUT2D eigenvalue weighted by molar-refractivity contribution is -0.114. The molecule has 0 atom stereocenters. The van der Waals surface area contributed by atoms with Crippen LogP contribution in [0.15, 0.2) is 9.59 Å². The van der Waals surface area contributed by atoms with Gasteiger partial charge in [-0.2, -0.15) is 0 Å². The molecule has 2 N–H and O–H groups in total. The number of hydrogen-bond donors (Lipinski definition) is 2. The molecule has 33 heavy (non-hydrogen) atoms. The molecule has 0 saturated carbocycles. The van der Waals surface area contributed by atoms with E-state index in [1.807, 2.05) is 20.8 Å². The van der Waals surface area contributed by atoms with Gasteiger partial charge in [-0.15, -0.1) is 11.3 Å². The van der Waals surface area contributed by atoms with Crippen LogP contribution in [0.5, 0.6) is 0 Å². The number of aromatic amines is 1. The van der Waals surface area contributed by atoms with Gasteiger partial charge in [0.25, 0.3) is 5.56 Å². The van der Waals surface area contributed by atoms with E-state index in [1.54, 1.807) is 11.5 Å². The first kappa shape index (κ1) is 24.4. The van der Waals surface area contributed by atoms with Crippen LogP contribution in [-0.2, 0) is 29.2 Å². The summed E-state index contributed by atoms with van der Waals surface area (Å²) in [4.78, 5) is 57.3. The number of carbonyl (C=O) groups is 2. The summed E-state index contributed by atoms with van der Waals surface area (Å²) in [6, 6.07) is 0. The lowest BCUT2D eigenvalue weighted by Gasteiger charge is -2.09. The van der Waals surface area contributed by atoms with Crippen LogP contribution in [-0.4, -0.2) is 31.0 Å². The summed E-state index contributed by atoms with van der Waals surface area (Å²) in [6.45, 7) is 9.74. The minimum atomic E-state index is -0.590. The van der Waals surface area contributed by atoms with E-state index < -0.39 is 17.2 Å². The number of imidazole rings is 1. The number of carbonyl (C=O) groups excluding carboxylic acids is 2. The van der Waals surface area contributed by atoms with Crippen LogP contribution in [0.2, 0.25) is 0 Å². The highest BCUT2D eigenvalue weighted by Crippen LogP contribution is 2.33. The normalized spacial score (nSPS) is 11.2. The second kappa shape index (κ2) is 10.2. The predicted molar refractivity (Wildman–Crippen MR) is 127 cm³/mol. The highest BCUT2D eigenvalue weighted by molar-refractivity contribution is 7.16. The molecule has 11 heteroatoms. The van der Waals surface area contributed by atoms with Gasteiger partial charge < -0.3 is 14.6 Å². The highest BCUT2D eigenvalue weighted by atomic mass is 32.1. The molecule has 0 fully saturated rings. The molecule has 178 valence electrons. The lowest BCUT2D eigenvalue weighted by atomic mass is 10.1. The van der Waals surface area contributed by atoms with E-state index in [4.69, 9.17) is 4.74 Å². The fraction of sp³-hybridized carbons (Fsp3) is 0.500. The van der Waals surface area contributed by atoms with Crippen molar-refractivity contribution < 1.29 is 14.3 Å². The maximum Gasteiger partial charge on any atom is 0.341 e. The van der Waals surface area contributed by atoms with Crippen molar-refractivity contribution >= 4 is 39.4 Å². The average molecular weight is 476 g/mol. The summed E-state index contributed by atoms with van der Waals surface area (Å²) in [6.07, 6.45) is 2.35. The second-order valence-electron chi connectivity index (χ2n) is 7.86. The molecule has 0 bridgehead atoms. The molecular formula is C22H29N5O5S. The van der Waals surface area contributed by atoms with E-state index in [0.29, 0.717) is 35.0 Å². The van der Waals surface area contributed by atoms with Gasteiger partial charge in [-0.25, -0.2) is 14.6 Å². The van der Waals surface area contributed by atoms with Gasteiger partial charge in [-0.3, -0.25) is 19.1 Å². The Hall–Kier alpha value is -3.21. The summed E-state index contributed by atoms with van der Waals surface area (Å²) in [5.74, 6) is -0.487. The Bertz CT molecular complexity index is 1310. The highest BCUT2D eigenvalue weighted by Gasteiger charge is 2.24. The summed E-state index contributed by atoms with van der Waals surface area (Å²) in [5.41, 5.74) is 0.607. The fourth-order valence-electron chi connectivity index (χ4n) is 3.64. The number of H-pyrrole nitrogens is 1. The zero-order valence-corrected chi connectivity index (χ0v) is 20.4. The topological polar surface area (TPSA) is 128 Å². The van der Waals surface area contributed by atoms with Crippen LogP contribution in [0.1, 0.15) is 66.7 Å². The predicted octanol–water partition coefficient (Wildman–Crippen LogP) is 3.09. The molecule has 3 heterocycles. The van der Waals surface area contributed by atoms with E-state index in [2.05, 4.69) is 15.3 Å². The van der Waals surface area contributed by atoms with Gasteiger partial charge >= 0.3 is 11.7 Å². The number of fused-ring (bicyclic) bond motifs is 1. The molecule has 0 aliphatic carbocycles. The smallest absolute Gasteiger partial charge is 0.341 e. The van der Waals surface area contributed by atoms with Crippen LogP contribution in [0.4, 0.5) is 5.00 Å². The summed E-state index contributed by atoms with van der Waals surface area (Å²) < 4.78 is 8.73. The van der Waals surface area contributed by atoms with Crippen LogP contribution >= 0.6 is 11.3 Å². The lowest BCUT2D eigenvalue weighted by Crippen LogP contribution is -2.31. The van der Waals surface area contributed by atoms with E-state index >= 15 is 0 Å². The number of nitrogens with one attached hydrogen (secondary N) is 2. The Morgan fingerprint density at radius 2 is 1.85 bits per heavy atom. The Kier molecular flexibility index (Phi) is 7.52. The quantitative estimate of drug-likeness (QED) is 0.458. The monoisotopic (exact) mass is 475 g/mol. The third kappa shape index (κ3) is 4.92. The number of hydrogen-bond acceptors (Lipinski definition) is 7. The number of nitrogens with zero attached hydrogens (tertiary/aromatic N) is 3.